The second-order valence-electron chi connectivity index (χ2n) is 5.29. The van der Waals surface area contributed by atoms with E-state index < -0.39 is 0 Å². The fraction of sp³-hybridized carbons (Fsp3) is 0.368. The van der Waals surface area contributed by atoms with Crippen LogP contribution in [0.15, 0.2) is 48.8 Å². The zero-order chi connectivity index (χ0) is 16.3. The fourth-order valence-corrected chi connectivity index (χ4v) is 2.13. The van der Waals surface area contributed by atoms with Crippen molar-refractivity contribution < 1.29 is 14.3 Å². The van der Waals surface area contributed by atoms with Crippen LogP contribution in [0.2, 0.25) is 0 Å². The molecule has 0 saturated heterocycles. The van der Waals surface area contributed by atoms with Crippen LogP contribution in [0.5, 0.6) is 11.5 Å². The Morgan fingerprint density at radius 1 is 1.00 bits per heavy atom. The van der Waals surface area contributed by atoms with E-state index in [2.05, 4.69) is 4.98 Å². The predicted octanol–water partition coefficient (Wildman–Crippen LogP) is 4.30. The summed E-state index contributed by atoms with van der Waals surface area (Å²) in [6, 6.07) is 11.1. The number of benzene rings is 1. The van der Waals surface area contributed by atoms with Crippen LogP contribution in [0.25, 0.3) is 0 Å². The Morgan fingerprint density at radius 3 is 2.30 bits per heavy atom. The zero-order valence-corrected chi connectivity index (χ0v) is 13.5. The summed E-state index contributed by atoms with van der Waals surface area (Å²) in [5.41, 5.74) is 0.754. The quantitative estimate of drug-likeness (QED) is 0.484. The molecule has 0 amide bonds. The topological polar surface area (TPSA) is 48.4 Å². The van der Waals surface area contributed by atoms with Crippen molar-refractivity contribution in [3.63, 3.8) is 0 Å². The van der Waals surface area contributed by atoms with E-state index in [1.165, 1.54) is 0 Å². The number of aromatic nitrogens is 1. The van der Waals surface area contributed by atoms with Gasteiger partial charge in [0.2, 0.25) is 0 Å². The molecule has 2 aromatic rings. The molecular formula is C19H23NO3. The van der Waals surface area contributed by atoms with Crippen molar-refractivity contribution in [2.75, 3.05) is 13.2 Å². The molecule has 1 heterocycles. The number of hydrogen-bond acceptors (Lipinski definition) is 4. The van der Waals surface area contributed by atoms with Crippen molar-refractivity contribution in [1.82, 2.24) is 4.98 Å². The minimum absolute atomic E-state index is 0.187. The number of hydrogen-bond donors (Lipinski definition) is 0. The first kappa shape index (κ1) is 17.0. The Kier molecular flexibility index (Phi) is 7.11. The SMILES string of the molecule is CCCC(=O)c1ccc(OCCCCOc2cccnc2)cc1. The van der Waals surface area contributed by atoms with Gasteiger partial charge in [-0.1, -0.05) is 6.92 Å². The largest absolute Gasteiger partial charge is 0.494 e. The first-order valence-electron chi connectivity index (χ1n) is 8.08. The van der Waals surface area contributed by atoms with Crippen molar-refractivity contribution in [3.8, 4) is 11.5 Å². The molecule has 0 spiro atoms. The molecular weight excluding hydrogens is 290 g/mol. The van der Waals surface area contributed by atoms with Crippen molar-refractivity contribution >= 4 is 5.78 Å². The van der Waals surface area contributed by atoms with Gasteiger partial charge in [-0.05, 0) is 55.7 Å². The maximum atomic E-state index is 11.7. The Labute approximate surface area is 137 Å². The van der Waals surface area contributed by atoms with Crippen molar-refractivity contribution in [1.29, 1.82) is 0 Å². The molecule has 4 heteroatoms. The van der Waals surface area contributed by atoms with E-state index in [1.807, 2.05) is 43.3 Å². The van der Waals surface area contributed by atoms with Crippen LogP contribution < -0.4 is 9.47 Å². The van der Waals surface area contributed by atoms with E-state index in [9.17, 15) is 4.79 Å². The van der Waals surface area contributed by atoms with Gasteiger partial charge in [-0.2, -0.15) is 0 Å². The summed E-state index contributed by atoms with van der Waals surface area (Å²) < 4.78 is 11.2. The van der Waals surface area contributed by atoms with Crippen LogP contribution in [0, 0.1) is 0 Å². The van der Waals surface area contributed by atoms with Crippen molar-refractivity contribution in [2.24, 2.45) is 0 Å². The lowest BCUT2D eigenvalue weighted by Gasteiger charge is -2.08. The van der Waals surface area contributed by atoms with Crippen LogP contribution in [0.3, 0.4) is 0 Å². The van der Waals surface area contributed by atoms with Crippen LogP contribution in [-0.2, 0) is 0 Å². The van der Waals surface area contributed by atoms with Crippen LogP contribution >= 0.6 is 0 Å². The predicted molar refractivity (Wildman–Crippen MR) is 90.1 cm³/mol. The Balaban J connectivity index is 1.61. The van der Waals surface area contributed by atoms with Gasteiger partial charge in [-0.25, -0.2) is 0 Å². The molecule has 0 aliphatic carbocycles. The molecule has 0 N–H and O–H groups in total. The number of ketones is 1. The molecule has 122 valence electrons. The van der Waals surface area contributed by atoms with Crippen molar-refractivity contribution in [3.05, 3.63) is 54.4 Å². The van der Waals surface area contributed by atoms with Crippen molar-refractivity contribution in [2.45, 2.75) is 32.6 Å². The molecule has 0 saturated carbocycles. The van der Waals surface area contributed by atoms with E-state index in [4.69, 9.17) is 9.47 Å². The highest BCUT2D eigenvalue weighted by Crippen LogP contribution is 2.14. The number of ether oxygens (including phenoxy) is 2. The van der Waals surface area contributed by atoms with Crippen LogP contribution in [-0.4, -0.2) is 24.0 Å². The Hall–Kier alpha value is -2.36. The number of unbranched alkanes of at least 4 members (excludes halogenated alkanes) is 1. The monoisotopic (exact) mass is 313 g/mol. The van der Waals surface area contributed by atoms with E-state index in [1.54, 1.807) is 12.4 Å². The van der Waals surface area contributed by atoms with Gasteiger partial charge in [0.1, 0.15) is 11.5 Å². The van der Waals surface area contributed by atoms with Gasteiger partial charge in [-0.15, -0.1) is 0 Å². The summed E-state index contributed by atoms with van der Waals surface area (Å²) in [5, 5.41) is 0. The molecule has 0 atom stereocenters. The average molecular weight is 313 g/mol. The number of pyridine rings is 1. The molecule has 0 unspecified atom stereocenters. The zero-order valence-electron chi connectivity index (χ0n) is 13.5. The summed E-state index contributed by atoms with van der Waals surface area (Å²) in [5.74, 6) is 1.78. The third-order valence-corrected chi connectivity index (χ3v) is 3.36. The summed E-state index contributed by atoms with van der Waals surface area (Å²) >= 11 is 0. The molecule has 0 aliphatic rings. The van der Waals surface area contributed by atoms with E-state index >= 15 is 0 Å². The van der Waals surface area contributed by atoms with Gasteiger partial charge in [0, 0.05) is 18.2 Å². The number of carbonyl (C=O) groups is 1. The highest BCUT2D eigenvalue weighted by atomic mass is 16.5. The maximum Gasteiger partial charge on any atom is 0.162 e. The molecule has 0 radical (unpaired) electrons. The van der Waals surface area contributed by atoms with Gasteiger partial charge in [0.15, 0.2) is 5.78 Å². The van der Waals surface area contributed by atoms with Gasteiger partial charge in [0.25, 0.3) is 0 Å². The van der Waals surface area contributed by atoms with Gasteiger partial charge >= 0.3 is 0 Å². The smallest absolute Gasteiger partial charge is 0.162 e. The standard InChI is InChI=1S/C19H23NO3/c1-2-6-19(21)16-8-10-17(11-9-16)22-13-3-4-14-23-18-7-5-12-20-15-18/h5,7-12,15H,2-4,6,13-14H2,1H3. The number of rotatable bonds is 10. The number of nitrogens with zero attached hydrogens (tertiary/aromatic N) is 1. The minimum atomic E-state index is 0.187. The lowest BCUT2D eigenvalue weighted by atomic mass is 10.1. The first-order valence-corrected chi connectivity index (χ1v) is 8.08. The molecule has 1 aromatic heterocycles. The maximum absolute atomic E-state index is 11.7. The second kappa shape index (κ2) is 9.62. The summed E-state index contributed by atoms with van der Waals surface area (Å²) in [7, 11) is 0. The van der Waals surface area contributed by atoms with E-state index in [0.29, 0.717) is 19.6 Å². The van der Waals surface area contributed by atoms with Crippen LogP contribution in [0.1, 0.15) is 43.0 Å². The lowest BCUT2D eigenvalue weighted by Crippen LogP contribution is -2.03. The third-order valence-electron chi connectivity index (χ3n) is 3.36. The van der Waals surface area contributed by atoms with Gasteiger partial charge in [0.05, 0.1) is 19.4 Å². The highest BCUT2D eigenvalue weighted by Gasteiger charge is 2.04. The average Bonchev–Trinajstić information content (AvgIpc) is 2.59. The van der Waals surface area contributed by atoms with E-state index in [-0.39, 0.29) is 5.78 Å². The molecule has 0 aliphatic heterocycles. The number of carbonyl (C=O) groups excluding carboxylic acids is 1. The molecule has 23 heavy (non-hydrogen) atoms. The summed E-state index contributed by atoms with van der Waals surface area (Å²) in [6.07, 6.45) is 6.73. The molecule has 2 rings (SSSR count). The molecule has 1 aromatic carbocycles. The second-order valence-corrected chi connectivity index (χ2v) is 5.29. The Morgan fingerprint density at radius 2 is 1.70 bits per heavy atom. The summed E-state index contributed by atoms with van der Waals surface area (Å²) in [6.45, 7) is 3.30. The van der Waals surface area contributed by atoms with E-state index in [0.717, 1.165) is 36.3 Å². The first-order chi connectivity index (χ1) is 11.3. The third kappa shape index (κ3) is 6.10. The minimum Gasteiger partial charge on any atom is -0.494 e. The molecule has 0 bridgehead atoms. The molecule has 0 fully saturated rings. The summed E-state index contributed by atoms with van der Waals surface area (Å²) in [4.78, 5) is 15.7. The lowest BCUT2D eigenvalue weighted by molar-refractivity contribution is 0.0981. The van der Waals surface area contributed by atoms with Gasteiger partial charge < -0.3 is 9.47 Å². The van der Waals surface area contributed by atoms with Crippen LogP contribution in [0.4, 0.5) is 0 Å². The molecule has 4 nitrogen and oxygen atoms in total. The fourth-order valence-electron chi connectivity index (χ4n) is 2.13. The van der Waals surface area contributed by atoms with Gasteiger partial charge in [-0.3, -0.25) is 9.78 Å². The normalized spacial score (nSPS) is 10.3. The highest BCUT2D eigenvalue weighted by molar-refractivity contribution is 5.96. The Bertz CT molecular complexity index is 581. The number of Topliss-reactive ketones (excluding diaryl/α,β-unsaturated/α-hetero) is 1.